The van der Waals surface area contributed by atoms with Crippen molar-refractivity contribution >= 4 is 29.6 Å². The van der Waals surface area contributed by atoms with Gasteiger partial charge in [0.2, 0.25) is 5.91 Å². The van der Waals surface area contributed by atoms with Gasteiger partial charge in [-0.1, -0.05) is 55.5 Å². The summed E-state index contributed by atoms with van der Waals surface area (Å²) < 4.78 is 6.37. The fourth-order valence-electron chi connectivity index (χ4n) is 5.11. The third-order valence-electron chi connectivity index (χ3n) is 7.22. The van der Waals surface area contributed by atoms with Crippen LogP contribution in [0.2, 0.25) is 5.02 Å². The van der Waals surface area contributed by atoms with E-state index in [4.69, 9.17) is 16.3 Å². The van der Waals surface area contributed by atoms with Crippen LogP contribution in [0, 0.1) is 0 Å². The highest BCUT2D eigenvalue weighted by Crippen LogP contribution is 2.29. The largest absolute Gasteiger partial charge is 0.469 e. The molecule has 0 unspecified atom stereocenters. The number of benzene rings is 2. The first kappa shape index (κ1) is 28.2. The van der Waals surface area contributed by atoms with Crippen molar-refractivity contribution in [2.45, 2.75) is 57.4 Å². The Balaban J connectivity index is 1.37. The summed E-state index contributed by atoms with van der Waals surface area (Å²) in [5.41, 5.74) is 5.45. The lowest BCUT2D eigenvalue weighted by molar-refractivity contribution is -0.139. The van der Waals surface area contributed by atoms with Crippen molar-refractivity contribution in [3.63, 3.8) is 0 Å². The Hall–Kier alpha value is -4.31. The van der Waals surface area contributed by atoms with E-state index in [1.807, 2.05) is 18.3 Å². The van der Waals surface area contributed by atoms with Crippen LogP contribution in [0.1, 0.15) is 67.1 Å². The lowest BCUT2D eigenvalue weighted by Gasteiger charge is -2.16. The Bertz CT molecular complexity index is 1530. The number of nitrogens with one attached hydrogen (secondary N) is 2. The first-order valence-corrected chi connectivity index (χ1v) is 14.1. The normalized spacial score (nSPS) is 15.8. The van der Waals surface area contributed by atoms with Crippen LogP contribution in [0.25, 0.3) is 23.0 Å². The van der Waals surface area contributed by atoms with Crippen molar-refractivity contribution in [2.24, 2.45) is 0 Å². The number of rotatable bonds is 6. The lowest BCUT2D eigenvalue weighted by atomic mass is 9.95. The summed E-state index contributed by atoms with van der Waals surface area (Å²) in [6, 6.07) is 11.1. The van der Waals surface area contributed by atoms with E-state index in [0.29, 0.717) is 22.1 Å². The molecule has 5 rings (SSSR count). The molecule has 1 amide bonds. The van der Waals surface area contributed by atoms with Crippen molar-refractivity contribution in [2.75, 3.05) is 7.11 Å². The molecule has 0 saturated heterocycles. The second-order valence-corrected chi connectivity index (χ2v) is 10.5. The van der Waals surface area contributed by atoms with E-state index < -0.39 is 0 Å². The molecule has 212 valence electrons. The van der Waals surface area contributed by atoms with Gasteiger partial charge in [-0.2, -0.15) is 4.68 Å². The highest BCUT2D eigenvalue weighted by atomic mass is 35.5. The number of aryl methyl sites for hydroxylation is 1. The maximum atomic E-state index is 13.1. The molecule has 0 fully saturated rings. The lowest BCUT2D eigenvalue weighted by Crippen LogP contribution is -2.27. The number of imidazole rings is 1. The monoisotopic (exact) mass is 573 g/mol. The fourth-order valence-corrected chi connectivity index (χ4v) is 5.29. The minimum Gasteiger partial charge on any atom is -0.469 e. The van der Waals surface area contributed by atoms with E-state index >= 15 is 0 Å². The number of aromatic nitrogens is 6. The Kier molecular flexibility index (Phi) is 9.20. The average Bonchev–Trinajstić information content (AvgIpc) is 3.68. The molecule has 0 saturated carbocycles. The van der Waals surface area contributed by atoms with Crippen LogP contribution >= 0.6 is 11.6 Å². The molecule has 3 heterocycles. The number of fused-ring (bicyclic) bond motifs is 4. The van der Waals surface area contributed by atoms with Crippen LogP contribution in [-0.4, -0.2) is 49.2 Å². The van der Waals surface area contributed by atoms with Crippen molar-refractivity contribution in [1.82, 2.24) is 35.5 Å². The Morgan fingerprint density at radius 3 is 2.83 bits per heavy atom. The molecule has 0 spiro atoms. The van der Waals surface area contributed by atoms with Crippen molar-refractivity contribution in [3.05, 3.63) is 82.5 Å². The number of H-pyrrole nitrogens is 1. The van der Waals surface area contributed by atoms with Crippen LogP contribution < -0.4 is 5.32 Å². The van der Waals surface area contributed by atoms with Crippen LogP contribution in [0.15, 0.2) is 55.0 Å². The van der Waals surface area contributed by atoms with Crippen molar-refractivity contribution < 1.29 is 14.3 Å². The number of ether oxygens (including phenoxy) is 1. The maximum absolute atomic E-state index is 13.1. The molecule has 2 aromatic heterocycles. The third kappa shape index (κ3) is 7.26. The van der Waals surface area contributed by atoms with Crippen LogP contribution in [0.4, 0.5) is 0 Å². The minimum absolute atomic E-state index is 0.242. The van der Waals surface area contributed by atoms with Gasteiger partial charge in [-0.15, -0.1) is 5.10 Å². The zero-order valence-corrected chi connectivity index (χ0v) is 23.6. The average molecular weight is 574 g/mol. The number of esters is 1. The highest BCUT2D eigenvalue weighted by molar-refractivity contribution is 6.30. The summed E-state index contributed by atoms with van der Waals surface area (Å²) in [4.78, 5) is 33.1. The molecule has 1 aliphatic heterocycles. The van der Waals surface area contributed by atoms with E-state index in [1.54, 1.807) is 24.3 Å². The standard InChI is InChI=1S/C30H32ClN7O3/c1-41-29(40)16-20-9-12-24-21(15-20)7-5-3-2-4-6-8-25(30-32-18-26(24)35-30)34-28(39)14-10-22-17-23(31)11-13-27(22)38-19-33-36-37-38/h9-15,17-19,25H,2-8,16H2,1H3,(H,32,35)(H,34,39)/b14-10+/t25-/m0/s1. The van der Waals surface area contributed by atoms with E-state index in [1.165, 1.54) is 29.8 Å². The number of amides is 1. The molecule has 0 radical (unpaired) electrons. The summed E-state index contributed by atoms with van der Waals surface area (Å²) >= 11 is 6.22. The molecule has 2 N–H and O–H groups in total. The molecule has 41 heavy (non-hydrogen) atoms. The molecule has 2 aromatic carbocycles. The molecule has 10 nitrogen and oxygen atoms in total. The number of halogens is 1. The number of nitrogens with zero attached hydrogens (tertiary/aromatic N) is 5. The highest BCUT2D eigenvalue weighted by Gasteiger charge is 2.19. The van der Waals surface area contributed by atoms with Gasteiger partial charge in [0.1, 0.15) is 12.2 Å². The van der Waals surface area contributed by atoms with E-state index in [9.17, 15) is 9.59 Å². The number of methoxy groups -OCH3 is 1. The summed E-state index contributed by atoms with van der Waals surface area (Å²) in [6.07, 6.45) is 13.8. The van der Waals surface area contributed by atoms with E-state index in [2.05, 4.69) is 36.9 Å². The molecular weight excluding hydrogens is 542 g/mol. The van der Waals surface area contributed by atoms with Gasteiger partial charge in [-0.05, 0) is 65.1 Å². The van der Waals surface area contributed by atoms with Gasteiger partial charge < -0.3 is 15.0 Å². The predicted molar refractivity (Wildman–Crippen MR) is 155 cm³/mol. The van der Waals surface area contributed by atoms with Crippen molar-refractivity contribution in [3.8, 4) is 16.9 Å². The second-order valence-electron chi connectivity index (χ2n) is 10.1. The number of hydrogen-bond donors (Lipinski definition) is 2. The van der Waals surface area contributed by atoms with Crippen LogP contribution in [0.3, 0.4) is 0 Å². The fraction of sp³-hybridized carbons (Fsp3) is 0.333. The van der Waals surface area contributed by atoms with Crippen LogP contribution in [0.5, 0.6) is 0 Å². The molecule has 1 atom stereocenters. The molecular formula is C30H32ClN7O3. The first-order chi connectivity index (χ1) is 20.0. The van der Waals surface area contributed by atoms with Gasteiger partial charge in [0.15, 0.2) is 0 Å². The topological polar surface area (TPSA) is 128 Å². The summed E-state index contributed by atoms with van der Waals surface area (Å²) in [6.45, 7) is 0. The molecule has 4 aromatic rings. The van der Waals surface area contributed by atoms with E-state index in [-0.39, 0.29) is 24.3 Å². The predicted octanol–water partition coefficient (Wildman–Crippen LogP) is 5.19. The van der Waals surface area contributed by atoms with E-state index in [0.717, 1.165) is 61.8 Å². The SMILES string of the molecule is COC(=O)Cc1ccc2c(c1)CCCCCCC[C@H](NC(=O)/C=C/c1cc(Cl)ccc1-n1cnnn1)c1ncc-2[nH]1. The Morgan fingerprint density at radius 1 is 1.15 bits per heavy atom. The third-order valence-corrected chi connectivity index (χ3v) is 7.45. The van der Waals surface area contributed by atoms with Gasteiger partial charge in [-0.25, -0.2) is 4.98 Å². The number of carbonyl (C=O) groups excluding carboxylic acids is 2. The molecule has 11 heteroatoms. The zero-order valence-electron chi connectivity index (χ0n) is 22.8. The smallest absolute Gasteiger partial charge is 0.309 e. The summed E-state index contributed by atoms with van der Waals surface area (Å²) in [7, 11) is 1.40. The molecule has 2 bridgehead atoms. The van der Waals surface area contributed by atoms with Gasteiger partial charge in [0.05, 0.1) is 37.2 Å². The van der Waals surface area contributed by atoms with Crippen LogP contribution in [-0.2, 0) is 27.2 Å². The first-order valence-electron chi connectivity index (χ1n) is 13.8. The van der Waals surface area contributed by atoms with Crippen molar-refractivity contribution in [1.29, 1.82) is 0 Å². The Labute approximate surface area is 243 Å². The second kappa shape index (κ2) is 13.4. The van der Waals surface area contributed by atoms with Gasteiger partial charge in [0.25, 0.3) is 0 Å². The zero-order chi connectivity index (χ0) is 28.6. The number of hydrogen-bond acceptors (Lipinski definition) is 7. The minimum atomic E-state index is -0.276. The quantitative estimate of drug-likeness (QED) is 0.240. The summed E-state index contributed by atoms with van der Waals surface area (Å²) in [5, 5.41) is 15.0. The Morgan fingerprint density at radius 2 is 2.00 bits per heavy atom. The maximum Gasteiger partial charge on any atom is 0.309 e. The molecule has 0 aliphatic carbocycles. The summed E-state index contributed by atoms with van der Waals surface area (Å²) in [5.74, 6) is 0.212. The number of aromatic amines is 1. The number of carbonyl (C=O) groups is 2. The van der Waals surface area contributed by atoms with Gasteiger partial charge in [-0.3, -0.25) is 9.59 Å². The number of tetrazole rings is 1. The van der Waals surface area contributed by atoms with Gasteiger partial charge >= 0.3 is 5.97 Å². The molecule has 1 aliphatic rings. The van der Waals surface area contributed by atoms with Gasteiger partial charge in [0, 0.05) is 22.2 Å².